The van der Waals surface area contributed by atoms with E-state index in [1.54, 1.807) is 0 Å². The third kappa shape index (κ3) is 3.32. The lowest BCUT2D eigenvalue weighted by Gasteiger charge is -2.10. The molecule has 0 bridgehead atoms. The lowest BCUT2D eigenvalue weighted by Crippen LogP contribution is -2.16. The molecule has 1 aliphatic rings. The number of alkyl halides is 1. The van der Waals surface area contributed by atoms with E-state index in [0.717, 1.165) is 36.0 Å². The molecule has 0 heterocycles. The van der Waals surface area contributed by atoms with Gasteiger partial charge in [0, 0.05) is 22.2 Å². The molecule has 1 fully saturated rings. The quantitative estimate of drug-likeness (QED) is 0.759. The Labute approximate surface area is 116 Å². The van der Waals surface area contributed by atoms with Gasteiger partial charge in [0.25, 0.3) is 0 Å². The molecule has 0 radical (unpaired) electrons. The predicted octanol–water partition coefficient (Wildman–Crippen LogP) is 4.26. The van der Waals surface area contributed by atoms with Gasteiger partial charge in [0.05, 0.1) is 0 Å². The fraction of sp³-hybridized carbons (Fsp3) is 0.500. The summed E-state index contributed by atoms with van der Waals surface area (Å²) in [5, 5.41) is 1.68. The van der Waals surface area contributed by atoms with E-state index >= 15 is 0 Å². The van der Waals surface area contributed by atoms with Gasteiger partial charge in [0.15, 0.2) is 0 Å². The highest BCUT2D eigenvalue weighted by molar-refractivity contribution is 9.09. The molecular formula is C14H16BrClO. The molecule has 0 saturated heterocycles. The number of halogens is 2. The second kappa shape index (κ2) is 6.01. The van der Waals surface area contributed by atoms with Crippen LogP contribution in [0.5, 0.6) is 0 Å². The molecule has 2 unspecified atom stereocenters. The van der Waals surface area contributed by atoms with Crippen molar-refractivity contribution in [3.63, 3.8) is 0 Å². The van der Waals surface area contributed by atoms with Crippen LogP contribution >= 0.6 is 27.5 Å². The van der Waals surface area contributed by atoms with Gasteiger partial charge in [-0.1, -0.05) is 39.7 Å². The molecule has 92 valence electrons. The molecule has 1 nitrogen and oxygen atoms in total. The van der Waals surface area contributed by atoms with Crippen LogP contribution in [0.3, 0.4) is 0 Å². The summed E-state index contributed by atoms with van der Waals surface area (Å²) in [4.78, 5) is 12.1. The zero-order valence-electron chi connectivity index (χ0n) is 9.66. The first-order valence-corrected chi connectivity index (χ1v) is 7.55. The van der Waals surface area contributed by atoms with Gasteiger partial charge in [-0.2, -0.15) is 0 Å². The molecule has 17 heavy (non-hydrogen) atoms. The maximum Gasteiger partial charge on any atom is 0.139 e. The number of carbonyl (C=O) groups is 1. The first-order valence-electron chi connectivity index (χ1n) is 6.05. The van der Waals surface area contributed by atoms with Crippen LogP contribution in [-0.2, 0) is 11.2 Å². The second-order valence-corrected chi connectivity index (χ2v) is 5.91. The number of rotatable bonds is 4. The highest BCUT2D eigenvalue weighted by Gasteiger charge is 2.33. The predicted molar refractivity (Wildman–Crippen MR) is 74.8 cm³/mol. The van der Waals surface area contributed by atoms with Gasteiger partial charge in [-0.05, 0) is 43.4 Å². The number of hydrogen-bond donors (Lipinski definition) is 0. The minimum atomic E-state index is 0.222. The van der Waals surface area contributed by atoms with Crippen LogP contribution in [-0.4, -0.2) is 11.1 Å². The fourth-order valence-corrected chi connectivity index (χ4v) is 3.22. The van der Waals surface area contributed by atoms with E-state index in [0.29, 0.717) is 5.78 Å². The van der Waals surface area contributed by atoms with E-state index in [2.05, 4.69) is 15.9 Å². The summed E-state index contributed by atoms with van der Waals surface area (Å²) < 4.78 is 0. The molecule has 2 rings (SSSR count). The summed E-state index contributed by atoms with van der Waals surface area (Å²) in [5.74, 6) is 0.964. The summed E-state index contributed by atoms with van der Waals surface area (Å²) in [5.41, 5.74) is 1.22. The summed E-state index contributed by atoms with van der Waals surface area (Å²) in [7, 11) is 0. The highest BCUT2D eigenvalue weighted by Crippen LogP contribution is 2.32. The van der Waals surface area contributed by atoms with Gasteiger partial charge in [-0.25, -0.2) is 0 Å². The Kier molecular flexibility index (Phi) is 4.63. The average molecular weight is 316 g/mol. The number of Topliss-reactive ketones (excluding diaryl/α,β-unsaturated/α-hetero) is 1. The van der Waals surface area contributed by atoms with Crippen LogP contribution in [0, 0.1) is 11.8 Å². The second-order valence-electron chi connectivity index (χ2n) is 4.68. The average Bonchev–Trinajstić information content (AvgIpc) is 2.65. The van der Waals surface area contributed by atoms with Crippen molar-refractivity contribution in [1.82, 2.24) is 0 Å². The van der Waals surface area contributed by atoms with E-state index in [4.69, 9.17) is 11.6 Å². The monoisotopic (exact) mass is 314 g/mol. The van der Waals surface area contributed by atoms with Crippen molar-refractivity contribution in [3.05, 3.63) is 34.9 Å². The van der Waals surface area contributed by atoms with Crippen molar-refractivity contribution >= 4 is 33.3 Å². The molecule has 0 aliphatic heterocycles. The fourth-order valence-electron chi connectivity index (χ4n) is 2.55. The van der Waals surface area contributed by atoms with Crippen molar-refractivity contribution in [2.24, 2.45) is 11.8 Å². The minimum Gasteiger partial charge on any atom is -0.299 e. The van der Waals surface area contributed by atoms with Crippen molar-refractivity contribution < 1.29 is 4.79 Å². The SMILES string of the molecule is O=C1C(CCBr)CCC1Cc1ccc(Cl)cc1. The molecule has 1 aromatic carbocycles. The van der Waals surface area contributed by atoms with Gasteiger partial charge in [0.1, 0.15) is 5.78 Å². The standard InChI is InChI=1S/C14H16BrClO/c15-8-7-11-3-4-12(14(11)17)9-10-1-5-13(16)6-2-10/h1-2,5-6,11-12H,3-4,7-9H2. The highest BCUT2D eigenvalue weighted by atomic mass is 79.9. The Morgan fingerprint density at radius 3 is 2.47 bits per heavy atom. The molecule has 0 spiro atoms. The van der Waals surface area contributed by atoms with Gasteiger partial charge in [0.2, 0.25) is 0 Å². The van der Waals surface area contributed by atoms with Crippen molar-refractivity contribution in [1.29, 1.82) is 0 Å². The third-order valence-electron chi connectivity index (χ3n) is 3.52. The summed E-state index contributed by atoms with van der Waals surface area (Å²) in [6.45, 7) is 0. The zero-order chi connectivity index (χ0) is 12.3. The largest absolute Gasteiger partial charge is 0.299 e. The normalized spacial score (nSPS) is 24.2. The van der Waals surface area contributed by atoms with E-state index in [-0.39, 0.29) is 11.8 Å². The van der Waals surface area contributed by atoms with Gasteiger partial charge >= 0.3 is 0 Å². The Bertz CT molecular complexity index is 388. The molecule has 1 aliphatic carbocycles. The number of hydrogen-bond acceptors (Lipinski definition) is 1. The molecule has 0 aromatic heterocycles. The van der Waals surface area contributed by atoms with Gasteiger partial charge < -0.3 is 0 Å². The lowest BCUT2D eigenvalue weighted by molar-refractivity contribution is -0.123. The molecule has 2 atom stereocenters. The summed E-state index contributed by atoms with van der Waals surface area (Å²) in [6, 6.07) is 7.83. The maximum atomic E-state index is 12.1. The van der Waals surface area contributed by atoms with Crippen LogP contribution in [0.25, 0.3) is 0 Å². The van der Waals surface area contributed by atoms with Crippen molar-refractivity contribution in [2.45, 2.75) is 25.7 Å². The topological polar surface area (TPSA) is 17.1 Å². The number of carbonyl (C=O) groups excluding carboxylic acids is 1. The number of ketones is 1. The van der Waals surface area contributed by atoms with Crippen LogP contribution in [0.15, 0.2) is 24.3 Å². The summed E-state index contributed by atoms with van der Waals surface area (Å²) >= 11 is 9.26. The van der Waals surface area contributed by atoms with Crippen LogP contribution in [0.4, 0.5) is 0 Å². The molecule has 1 saturated carbocycles. The Hall–Kier alpha value is -0.340. The molecule has 0 amide bonds. The Morgan fingerprint density at radius 2 is 1.82 bits per heavy atom. The van der Waals surface area contributed by atoms with Crippen LogP contribution in [0.2, 0.25) is 5.02 Å². The number of benzene rings is 1. The molecule has 3 heteroatoms. The minimum absolute atomic E-state index is 0.222. The van der Waals surface area contributed by atoms with Gasteiger partial charge in [-0.3, -0.25) is 4.79 Å². The van der Waals surface area contributed by atoms with Gasteiger partial charge in [-0.15, -0.1) is 0 Å². The lowest BCUT2D eigenvalue weighted by atomic mass is 9.95. The van der Waals surface area contributed by atoms with E-state index in [9.17, 15) is 4.79 Å². The Balaban J connectivity index is 1.96. The summed E-state index contributed by atoms with van der Waals surface area (Å²) in [6.07, 6.45) is 3.95. The maximum absolute atomic E-state index is 12.1. The van der Waals surface area contributed by atoms with E-state index < -0.39 is 0 Å². The Morgan fingerprint density at radius 1 is 1.18 bits per heavy atom. The van der Waals surface area contributed by atoms with Crippen LogP contribution in [0.1, 0.15) is 24.8 Å². The van der Waals surface area contributed by atoms with E-state index in [1.807, 2.05) is 24.3 Å². The first kappa shape index (κ1) is 13.1. The zero-order valence-corrected chi connectivity index (χ0v) is 12.0. The van der Waals surface area contributed by atoms with Crippen molar-refractivity contribution in [2.75, 3.05) is 5.33 Å². The van der Waals surface area contributed by atoms with Crippen molar-refractivity contribution in [3.8, 4) is 0 Å². The first-order chi connectivity index (χ1) is 8.20. The van der Waals surface area contributed by atoms with E-state index in [1.165, 1.54) is 5.56 Å². The van der Waals surface area contributed by atoms with Crippen LogP contribution < -0.4 is 0 Å². The molecule has 1 aromatic rings. The molecule has 0 N–H and O–H groups in total. The third-order valence-corrected chi connectivity index (χ3v) is 4.23. The molecular weight excluding hydrogens is 300 g/mol. The smallest absolute Gasteiger partial charge is 0.139 e.